The van der Waals surface area contributed by atoms with E-state index in [2.05, 4.69) is 63.8 Å². The number of carboxylic acids is 2. The summed E-state index contributed by atoms with van der Waals surface area (Å²) in [5.74, 6) is -19.2. The van der Waals surface area contributed by atoms with Crippen LogP contribution in [-0.4, -0.2) is 203 Å². The van der Waals surface area contributed by atoms with E-state index in [1.54, 1.807) is 41.5 Å². The summed E-state index contributed by atoms with van der Waals surface area (Å²) in [6.07, 6.45) is -1.59. The van der Waals surface area contributed by atoms with E-state index in [-0.39, 0.29) is 83.3 Å². The summed E-state index contributed by atoms with van der Waals surface area (Å²) < 4.78 is 0. The summed E-state index contributed by atoms with van der Waals surface area (Å²) >= 11 is 0. The summed E-state index contributed by atoms with van der Waals surface area (Å²) in [7, 11) is 0. The van der Waals surface area contributed by atoms with Crippen molar-refractivity contribution in [1.82, 2.24) is 63.8 Å². The number of carboxylic acid groups (broad SMARTS) is 2. The van der Waals surface area contributed by atoms with Crippen LogP contribution in [0.15, 0.2) is 0 Å². The van der Waals surface area contributed by atoms with Crippen molar-refractivity contribution in [3.05, 3.63) is 0 Å². The minimum Gasteiger partial charge on any atom is -0.481 e. The number of unbranched alkanes of at least 4 members (excludes halogenated alkanes) is 2. The lowest BCUT2D eigenvalue weighted by molar-refractivity contribution is -0.143. The fourth-order valence-corrected chi connectivity index (χ4v) is 9.64. The van der Waals surface area contributed by atoms with Crippen LogP contribution in [0.1, 0.15) is 165 Å². The van der Waals surface area contributed by atoms with Crippen molar-refractivity contribution in [2.24, 2.45) is 63.8 Å². The SMILES string of the molecule is CC[C@H](C)[C@H](NC(=O)[C@@H](NC(=O)[C@H](CCCNC(=N)N)NC(=O)[C@H](CC(N)=O)NC(=O)[C@H](CC(C)C)NC(=O)[C@H](CCCCN)NC(=O)CNC(=O)[C@H](CC(N)=O)NC(=O)[C@@H](NC(=O)[C@@H](N)CCC(N)=O)[C@@H](C)CC)C(C)C)C(=O)N[C@@H](CCC(=O)O)C(=O)N[C@@H](CCCCN)C(=O)O. The van der Waals surface area contributed by atoms with E-state index in [9.17, 15) is 86.9 Å². The molecule has 0 unspecified atom stereocenters. The number of nitrogens with one attached hydrogen (secondary N) is 13. The summed E-state index contributed by atoms with van der Waals surface area (Å²) in [5.41, 5.74) is 38.8. The summed E-state index contributed by atoms with van der Waals surface area (Å²) in [4.78, 5) is 212. The molecule has 99 heavy (non-hydrogen) atoms. The molecule has 29 N–H and O–H groups in total. The molecule has 0 fully saturated rings. The van der Waals surface area contributed by atoms with Crippen LogP contribution in [0.3, 0.4) is 0 Å². The minimum atomic E-state index is -1.84. The zero-order chi connectivity index (χ0) is 75.8. The van der Waals surface area contributed by atoms with Crippen LogP contribution < -0.4 is 104 Å². The van der Waals surface area contributed by atoms with Crippen molar-refractivity contribution in [3.8, 4) is 0 Å². The van der Waals surface area contributed by atoms with Gasteiger partial charge in [-0.3, -0.25) is 77.3 Å². The summed E-state index contributed by atoms with van der Waals surface area (Å²) in [6, 6.07) is -16.5. The quantitative estimate of drug-likeness (QED) is 0.0153. The minimum absolute atomic E-state index is 0.0175. The highest BCUT2D eigenvalue weighted by Crippen LogP contribution is 2.16. The Morgan fingerprint density at radius 3 is 1.26 bits per heavy atom. The Morgan fingerprint density at radius 1 is 0.404 bits per heavy atom. The Hall–Kier alpha value is -9.33. The Labute approximate surface area is 575 Å². The van der Waals surface area contributed by atoms with Crippen LogP contribution in [0.25, 0.3) is 0 Å². The summed E-state index contributed by atoms with van der Waals surface area (Å²) in [5, 5.41) is 56.4. The molecule has 0 aliphatic rings. The van der Waals surface area contributed by atoms with Crippen molar-refractivity contribution in [3.63, 3.8) is 0 Å². The molecule has 0 spiro atoms. The largest absolute Gasteiger partial charge is 0.481 e. The molecule has 0 aliphatic carbocycles. The molecule has 0 heterocycles. The number of guanidine groups is 1. The number of carbonyl (C=O) groups excluding carboxylic acids is 14. The molecule has 38 heteroatoms. The molecule has 562 valence electrons. The van der Waals surface area contributed by atoms with Crippen LogP contribution in [0, 0.1) is 29.1 Å². The first-order valence-electron chi connectivity index (χ1n) is 33.2. The lowest BCUT2D eigenvalue weighted by atomic mass is 9.95. The second-order valence-corrected chi connectivity index (χ2v) is 25.1. The average molecular weight is 1410 g/mol. The first-order valence-corrected chi connectivity index (χ1v) is 33.2. The van der Waals surface area contributed by atoms with Gasteiger partial charge in [-0.1, -0.05) is 68.2 Å². The Bertz CT molecular complexity index is 2760. The maximum Gasteiger partial charge on any atom is 0.326 e. The van der Waals surface area contributed by atoms with E-state index in [1.807, 2.05) is 0 Å². The highest BCUT2D eigenvalue weighted by atomic mass is 16.4. The van der Waals surface area contributed by atoms with Crippen molar-refractivity contribution in [2.45, 2.75) is 231 Å². The molecular weight excluding hydrogens is 1300 g/mol. The zero-order valence-electron chi connectivity index (χ0n) is 58.0. The third-order valence-corrected chi connectivity index (χ3v) is 15.8. The molecule has 0 rings (SSSR count). The van der Waals surface area contributed by atoms with E-state index >= 15 is 0 Å². The van der Waals surface area contributed by atoms with Gasteiger partial charge in [-0.05, 0) is 107 Å². The third-order valence-electron chi connectivity index (χ3n) is 15.8. The molecule has 13 atom stereocenters. The van der Waals surface area contributed by atoms with Crippen molar-refractivity contribution >= 4 is 101 Å². The topological polar surface area (TPSA) is 664 Å². The molecule has 14 amide bonds. The van der Waals surface area contributed by atoms with Gasteiger partial charge in [-0.25, -0.2) is 4.79 Å². The van der Waals surface area contributed by atoms with Gasteiger partial charge in [0.1, 0.15) is 60.4 Å². The second-order valence-electron chi connectivity index (χ2n) is 25.1. The van der Waals surface area contributed by atoms with E-state index in [0.29, 0.717) is 25.7 Å². The van der Waals surface area contributed by atoms with Gasteiger partial charge < -0.3 is 114 Å². The number of aliphatic carboxylic acids is 2. The van der Waals surface area contributed by atoms with Crippen molar-refractivity contribution in [2.75, 3.05) is 26.2 Å². The maximum absolute atomic E-state index is 14.4. The number of primary amides is 3. The second kappa shape index (κ2) is 47.6. The van der Waals surface area contributed by atoms with Gasteiger partial charge in [0.2, 0.25) is 82.7 Å². The third kappa shape index (κ3) is 36.7. The van der Waals surface area contributed by atoms with Crippen molar-refractivity contribution in [1.29, 1.82) is 5.41 Å². The van der Waals surface area contributed by atoms with Gasteiger partial charge >= 0.3 is 11.9 Å². The number of amides is 14. The van der Waals surface area contributed by atoms with Gasteiger partial charge in [0, 0.05) is 19.4 Å². The first-order chi connectivity index (χ1) is 46.3. The van der Waals surface area contributed by atoms with Gasteiger partial charge in [-0.2, -0.15) is 0 Å². The molecule has 0 aliphatic heterocycles. The van der Waals surface area contributed by atoms with Crippen LogP contribution >= 0.6 is 0 Å². The van der Waals surface area contributed by atoms with E-state index < -0.39 is 217 Å². The number of hydrogen-bond donors (Lipinski definition) is 22. The Balaban J connectivity index is 6.93. The Morgan fingerprint density at radius 2 is 0.798 bits per heavy atom. The fourth-order valence-electron chi connectivity index (χ4n) is 9.64. The molecule has 0 saturated carbocycles. The maximum atomic E-state index is 14.4. The molecule has 0 bridgehead atoms. The first kappa shape index (κ1) is 89.7. The fraction of sp³-hybridized carbons (Fsp3) is 0.721. The van der Waals surface area contributed by atoms with E-state index in [4.69, 9.17) is 45.5 Å². The molecule has 0 aromatic carbocycles. The highest BCUT2D eigenvalue weighted by molar-refractivity contribution is 6.00. The van der Waals surface area contributed by atoms with Gasteiger partial charge in [0.25, 0.3) is 0 Å². The monoisotopic (exact) mass is 1410 g/mol. The molecule has 0 aromatic rings. The predicted octanol–water partition coefficient (Wildman–Crippen LogP) is -6.44. The van der Waals surface area contributed by atoms with Crippen LogP contribution in [-0.2, 0) is 76.7 Å². The van der Waals surface area contributed by atoms with E-state index in [0.717, 1.165) is 0 Å². The zero-order valence-corrected chi connectivity index (χ0v) is 58.0. The molecule has 0 aromatic heterocycles. The van der Waals surface area contributed by atoms with Crippen LogP contribution in [0.4, 0.5) is 0 Å². The average Bonchev–Trinajstić information content (AvgIpc) is 0.860. The standard InChI is InChI=1S/C61H110N20O18/c1-9-32(7)48(80-50(88)34(64)19-21-42(65)82)59(97)78-40(27-43(66)83)51(89)71-29-45(85)72-35(16-11-13-23-62)52(90)76-39(26-30(3)4)55(93)77-41(28-44(67)84)56(94)73-36(18-15-25-70-61(68)69)54(92)79-47(31(5)6)57(95)81-49(33(8)10-2)58(96)74-37(20-22-46(86)87)53(91)75-38(60(98)99)17-12-14-24-63/h30-41,47-49H,9-29,62-64H2,1-8H3,(H2,65,82)(H2,66,83)(H2,67,84)(H,71,89)(H,72,85)(H,73,94)(H,74,96)(H,75,91)(H,76,90)(H,77,93)(H,78,97)(H,79,92)(H,80,88)(H,81,95)(H,86,87)(H,98,99)(H4,68,69,70)/t32-,33-,34-,35-,36-,37-,38-,39-,40-,41-,47-,48-,49-/m0/s1. The lowest BCUT2D eigenvalue weighted by Gasteiger charge is -2.30. The molecule has 0 saturated heterocycles. The number of nitrogens with two attached hydrogens (primary N) is 7. The summed E-state index contributed by atoms with van der Waals surface area (Å²) in [6.45, 7) is 12.6. The number of rotatable bonds is 52. The Kier molecular flexibility index (Phi) is 43.1. The lowest BCUT2D eigenvalue weighted by Crippen LogP contribution is -2.62. The smallest absolute Gasteiger partial charge is 0.326 e. The van der Waals surface area contributed by atoms with E-state index in [1.165, 1.54) is 13.8 Å². The molecule has 38 nitrogen and oxygen atoms in total. The molecular formula is C61H110N20O18. The van der Waals surface area contributed by atoms with Crippen LogP contribution in [0.2, 0.25) is 0 Å². The predicted molar refractivity (Wildman–Crippen MR) is 359 cm³/mol. The number of carbonyl (C=O) groups is 16. The van der Waals surface area contributed by atoms with Crippen molar-refractivity contribution < 1.29 is 86.9 Å². The molecule has 0 radical (unpaired) electrons. The van der Waals surface area contributed by atoms with Crippen LogP contribution in [0.5, 0.6) is 0 Å². The van der Waals surface area contributed by atoms with Gasteiger partial charge in [-0.15, -0.1) is 0 Å². The number of hydrogen-bond acceptors (Lipinski definition) is 20. The van der Waals surface area contributed by atoms with Gasteiger partial charge in [0.15, 0.2) is 5.96 Å². The highest BCUT2D eigenvalue weighted by Gasteiger charge is 2.38. The normalized spacial score (nSPS) is 15.0. The van der Waals surface area contributed by atoms with Gasteiger partial charge in [0.05, 0.1) is 25.4 Å².